The number of hydrogen-bond donors (Lipinski definition) is 1. The van der Waals surface area contributed by atoms with Crippen molar-refractivity contribution in [2.75, 3.05) is 6.54 Å². The average Bonchev–Trinajstić information content (AvgIpc) is 2.84. The van der Waals surface area contributed by atoms with Crippen molar-refractivity contribution in [1.29, 1.82) is 0 Å². The molecule has 0 fully saturated rings. The van der Waals surface area contributed by atoms with Crippen LogP contribution in [0.3, 0.4) is 0 Å². The number of benzene rings is 1. The minimum Gasteiger partial charge on any atom is -0.425 e. The molecule has 0 spiro atoms. The van der Waals surface area contributed by atoms with Gasteiger partial charge in [0, 0.05) is 25.4 Å². The second kappa shape index (κ2) is 7.20. The van der Waals surface area contributed by atoms with Crippen LogP contribution >= 0.6 is 0 Å². The smallest absolute Gasteiger partial charge is 0.217 e. The standard InChI is InChI=1S/C16H23N3O/c1-12(2)17-10-9-16-19-18-15(20-16)8-7-14-6-4-5-13(3)11-14/h4-6,11-12,17H,7-10H2,1-3H3. The minimum atomic E-state index is 0.485. The van der Waals surface area contributed by atoms with Crippen LogP contribution in [0.4, 0.5) is 0 Å². The molecule has 1 N–H and O–H groups in total. The lowest BCUT2D eigenvalue weighted by Crippen LogP contribution is -2.25. The molecule has 0 unspecified atom stereocenters. The molecule has 1 heterocycles. The molecule has 0 saturated heterocycles. The molecule has 4 nitrogen and oxygen atoms in total. The molecule has 0 saturated carbocycles. The number of rotatable bonds is 7. The van der Waals surface area contributed by atoms with E-state index in [0.717, 1.165) is 37.6 Å². The first kappa shape index (κ1) is 14.7. The average molecular weight is 273 g/mol. The van der Waals surface area contributed by atoms with E-state index in [-0.39, 0.29) is 0 Å². The van der Waals surface area contributed by atoms with Gasteiger partial charge in [0.05, 0.1) is 0 Å². The minimum absolute atomic E-state index is 0.485. The highest BCUT2D eigenvalue weighted by Crippen LogP contribution is 2.09. The highest BCUT2D eigenvalue weighted by atomic mass is 16.4. The third kappa shape index (κ3) is 4.78. The molecule has 4 heteroatoms. The van der Waals surface area contributed by atoms with Gasteiger partial charge in [0.25, 0.3) is 0 Å². The molecule has 108 valence electrons. The molecule has 2 aromatic rings. The Balaban J connectivity index is 1.80. The van der Waals surface area contributed by atoms with Crippen LogP contribution in [0.25, 0.3) is 0 Å². The van der Waals surface area contributed by atoms with Crippen molar-refractivity contribution in [2.24, 2.45) is 0 Å². The summed E-state index contributed by atoms with van der Waals surface area (Å²) in [4.78, 5) is 0. The van der Waals surface area contributed by atoms with E-state index in [4.69, 9.17) is 4.42 Å². The highest BCUT2D eigenvalue weighted by molar-refractivity contribution is 5.22. The second-order valence-corrected chi connectivity index (χ2v) is 5.44. The zero-order chi connectivity index (χ0) is 14.4. The summed E-state index contributed by atoms with van der Waals surface area (Å²) in [5.41, 5.74) is 2.60. The molecule has 20 heavy (non-hydrogen) atoms. The molecule has 2 rings (SSSR count). The lowest BCUT2D eigenvalue weighted by molar-refractivity contribution is 0.439. The van der Waals surface area contributed by atoms with E-state index >= 15 is 0 Å². The van der Waals surface area contributed by atoms with Crippen molar-refractivity contribution in [1.82, 2.24) is 15.5 Å². The molecule has 0 radical (unpaired) electrons. The van der Waals surface area contributed by atoms with Gasteiger partial charge in [-0.3, -0.25) is 0 Å². The third-order valence-corrected chi connectivity index (χ3v) is 3.11. The number of hydrogen-bond acceptors (Lipinski definition) is 4. The van der Waals surface area contributed by atoms with Crippen LogP contribution in [0.5, 0.6) is 0 Å². The Morgan fingerprint density at radius 2 is 1.85 bits per heavy atom. The molecule has 1 aromatic carbocycles. The first-order valence-electron chi connectivity index (χ1n) is 7.23. The summed E-state index contributed by atoms with van der Waals surface area (Å²) in [6.07, 6.45) is 2.53. The molecule has 0 atom stereocenters. The Kier molecular flexibility index (Phi) is 5.30. The molecule has 0 bridgehead atoms. The first-order chi connectivity index (χ1) is 9.63. The van der Waals surface area contributed by atoms with Gasteiger partial charge in [-0.1, -0.05) is 43.7 Å². The number of nitrogens with one attached hydrogen (secondary N) is 1. The van der Waals surface area contributed by atoms with Crippen LogP contribution in [0, 0.1) is 6.92 Å². The van der Waals surface area contributed by atoms with Gasteiger partial charge in [-0.25, -0.2) is 0 Å². The summed E-state index contributed by atoms with van der Waals surface area (Å²) in [7, 11) is 0. The highest BCUT2D eigenvalue weighted by Gasteiger charge is 2.06. The Labute approximate surface area is 120 Å². The molecule has 0 aliphatic carbocycles. The quantitative estimate of drug-likeness (QED) is 0.842. The van der Waals surface area contributed by atoms with E-state index in [2.05, 4.69) is 60.6 Å². The zero-order valence-electron chi connectivity index (χ0n) is 12.5. The fourth-order valence-electron chi connectivity index (χ4n) is 2.08. The fraction of sp³-hybridized carbons (Fsp3) is 0.500. The normalized spacial score (nSPS) is 11.2. The Morgan fingerprint density at radius 3 is 2.55 bits per heavy atom. The van der Waals surface area contributed by atoms with E-state index < -0.39 is 0 Å². The lowest BCUT2D eigenvalue weighted by Gasteiger charge is -2.04. The summed E-state index contributed by atoms with van der Waals surface area (Å²) in [6, 6.07) is 9.01. The molecule has 0 amide bonds. The van der Waals surface area contributed by atoms with Crippen LogP contribution in [0.15, 0.2) is 28.7 Å². The van der Waals surface area contributed by atoms with Gasteiger partial charge in [-0.05, 0) is 18.9 Å². The number of aryl methyl sites for hydroxylation is 3. The van der Waals surface area contributed by atoms with Crippen LogP contribution in [0.1, 0.15) is 36.8 Å². The molecule has 1 aromatic heterocycles. The molecule has 0 aliphatic heterocycles. The van der Waals surface area contributed by atoms with E-state index in [1.165, 1.54) is 11.1 Å². The zero-order valence-corrected chi connectivity index (χ0v) is 12.5. The SMILES string of the molecule is Cc1cccc(CCc2nnc(CCNC(C)C)o2)c1. The Bertz CT molecular complexity index is 534. The van der Waals surface area contributed by atoms with Crippen molar-refractivity contribution in [3.63, 3.8) is 0 Å². The molecular formula is C16H23N3O. The van der Waals surface area contributed by atoms with E-state index in [1.807, 2.05) is 0 Å². The van der Waals surface area contributed by atoms with Crippen molar-refractivity contribution in [3.05, 3.63) is 47.2 Å². The van der Waals surface area contributed by atoms with Gasteiger partial charge >= 0.3 is 0 Å². The summed E-state index contributed by atoms with van der Waals surface area (Å²) in [5, 5.41) is 11.5. The summed E-state index contributed by atoms with van der Waals surface area (Å²) >= 11 is 0. The van der Waals surface area contributed by atoms with Crippen LogP contribution in [0.2, 0.25) is 0 Å². The summed E-state index contributed by atoms with van der Waals surface area (Å²) in [5.74, 6) is 1.45. The van der Waals surface area contributed by atoms with Gasteiger partial charge in [-0.15, -0.1) is 10.2 Å². The maximum absolute atomic E-state index is 5.66. The van der Waals surface area contributed by atoms with Crippen LogP contribution < -0.4 is 5.32 Å². The number of aromatic nitrogens is 2. The van der Waals surface area contributed by atoms with Crippen molar-refractivity contribution in [3.8, 4) is 0 Å². The molecular weight excluding hydrogens is 250 g/mol. The van der Waals surface area contributed by atoms with Crippen molar-refractivity contribution < 1.29 is 4.42 Å². The van der Waals surface area contributed by atoms with Gasteiger partial charge in [0.1, 0.15) is 0 Å². The van der Waals surface area contributed by atoms with Gasteiger partial charge in [-0.2, -0.15) is 0 Å². The van der Waals surface area contributed by atoms with E-state index in [0.29, 0.717) is 6.04 Å². The molecule has 0 aliphatic rings. The maximum atomic E-state index is 5.66. The monoisotopic (exact) mass is 273 g/mol. The van der Waals surface area contributed by atoms with Crippen molar-refractivity contribution in [2.45, 2.75) is 46.1 Å². The third-order valence-electron chi connectivity index (χ3n) is 3.11. The van der Waals surface area contributed by atoms with E-state index in [9.17, 15) is 0 Å². The predicted molar refractivity (Wildman–Crippen MR) is 79.7 cm³/mol. The summed E-state index contributed by atoms with van der Waals surface area (Å²) in [6.45, 7) is 7.23. The number of nitrogens with zero attached hydrogens (tertiary/aromatic N) is 2. The van der Waals surface area contributed by atoms with Gasteiger partial charge in [0.2, 0.25) is 11.8 Å². The first-order valence-corrected chi connectivity index (χ1v) is 7.23. The Morgan fingerprint density at radius 1 is 1.10 bits per heavy atom. The van der Waals surface area contributed by atoms with Crippen molar-refractivity contribution >= 4 is 0 Å². The summed E-state index contributed by atoms with van der Waals surface area (Å²) < 4.78 is 5.66. The fourth-order valence-corrected chi connectivity index (χ4v) is 2.08. The second-order valence-electron chi connectivity index (χ2n) is 5.44. The topological polar surface area (TPSA) is 51.0 Å². The van der Waals surface area contributed by atoms with Gasteiger partial charge < -0.3 is 9.73 Å². The largest absolute Gasteiger partial charge is 0.425 e. The Hall–Kier alpha value is -1.68. The van der Waals surface area contributed by atoms with Crippen LogP contribution in [-0.2, 0) is 19.3 Å². The predicted octanol–water partition coefficient (Wildman–Crippen LogP) is 2.70. The van der Waals surface area contributed by atoms with Gasteiger partial charge in [0.15, 0.2) is 0 Å². The maximum Gasteiger partial charge on any atom is 0.217 e. The lowest BCUT2D eigenvalue weighted by atomic mass is 10.1. The van der Waals surface area contributed by atoms with Crippen LogP contribution in [-0.4, -0.2) is 22.8 Å². The van der Waals surface area contributed by atoms with E-state index in [1.54, 1.807) is 0 Å².